The van der Waals surface area contributed by atoms with Crippen LogP contribution in [0.3, 0.4) is 0 Å². The van der Waals surface area contributed by atoms with E-state index in [2.05, 4.69) is 10.6 Å². The number of halogens is 3. The van der Waals surface area contributed by atoms with Gasteiger partial charge in [-0.25, -0.2) is 0 Å². The van der Waals surface area contributed by atoms with E-state index in [1.165, 1.54) is 24.3 Å². The van der Waals surface area contributed by atoms with Crippen LogP contribution in [0.4, 0.5) is 18.9 Å². The van der Waals surface area contributed by atoms with E-state index in [1.54, 1.807) is 0 Å². The summed E-state index contributed by atoms with van der Waals surface area (Å²) in [4.78, 5) is 23.0. The Morgan fingerprint density at radius 3 is 2.48 bits per heavy atom. The molecule has 1 aliphatic heterocycles. The van der Waals surface area contributed by atoms with E-state index < -0.39 is 5.51 Å². The number of hydrogen-bond acceptors (Lipinski definition) is 3. The van der Waals surface area contributed by atoms with Crippen LogP contribution in [0.15, 0.2) is 29.2 Å². The molecule has 8 heteroatoms. The zero-order valence-corrected chi connectivity index (χ0v) is 11.7. The van der Waals surface area contributed by atoms with Gasteiger partial charge < -0.3 is 10.6 Å². The molecule has 0 spiro atoms. The highest BCUT2D eigenvalue weighted by Gasteiger charge is 2.29. The van der Waals surface area contributed by atoms with Gasteiger partial charge in [0.05, 0.1) is 5.92 Å². The first kappa shape index (κ1) is 15.7. The minimum Gasteiger partial charge on any atom is -0.355 e. The number of carbonyl (C=O) groups excluding carboxylic acids is 2. The predicted molar refractivity (Wildman–Crippen MR) is 72.7 cm³/mol. The zero-order chi connectivity index (χ0) is 15.5. The number of thioether (sulfide) groups is 1. The summed E-state index contributed by atoms with van der Waals surface area (Å²) in [6.45, 7) is 0.284. The van der Waals surface area contributed by atoms with Crippen molar-refractivity contribution in [2.24, 2.45) is 5.92 Å². The standard InChI is InChI=1S/C13H13F3N2O2S/c14-13(15,16)21-10-4-2-9(3-5-10)18-12(20)8-1-6-11(19)17-7-8/h2-5,8H,1,6-7H2,(H,17,19)(H,18,20). The second-order valence-corrected chi connectivity index (χ2v) is 5.74. The molecule has 2 rings (SSSR count). The maximum absolute atomic E-state index is 12.2. The average Bonchev–Trinajstić information content (AvgIpc) is 2.40. The summed E-state index contributed by atoms with van der Waals surface area (Å²) in [5, 5.41) is 5.24. The van der Waals surface area contributed by atoms with Crippen molar-refractivity contribution in [2.75, 3.05) is 11.9 Å². The Bertz CT molecular complexity index is 521. The van der Waals surface area contributed by atoms with Crippen LogP contribution in [0.25, 0.3) is 0 Å². The number of nitrogens with one attached hydrogen (secondary N) is 2. The molecule has 1 atom stereocenters. The van der Waals surface area contributed by atoms with Crippen molar-refractivity contribution in [3.05, 3.63) is 24.3 Å². The van der Waals surface area contributed by atoms with E-state index in [4.69, 9.17) is 0 Å². The summed E-state index contributed by atoms with van der Waals surface area (Å²) in [7, 11) is 0. The summed E-state index contributed by atoms with van der Waals surface area (Å²) in [5.41, 5.74) is -3.89. The summed E-state index contributed by atoms with van der Waals surface area (Å²) >= 11 is -0.204. The van der Waals surface area contributed by atoms with Gasteiger partial charge in [0.1, 0.15) is 0 Å². The van der Waals surface area contributed by atoms with Crippen molar-refractivity contribution in [1.29, 1.82) is 0 Å². The van der Waals surface area contributed by atoms with Gasteiger partial charge in [0, 0.05) is 23.5 Å². The minimum absolute atomic E-state index is 0.0606. The highest BCUT2D eigenvalue weighted by atomic mass is 32.2. The summed E-state index contributed by atoms with van der Waals surface area (Å²) in [6, 6.07) is 5.45. The Kier molecular flexibility index (Phi) is 4.76. The molecule has 0 aromatic heterocycles. The van der Waals surface area contributed by atoms with Gasteiger partial charge in [-0.3, -0.25) is 9.59 Å². The normalized spacial score (nSPS) is 19.0. The Balaban J connectivity index is 1.91. The van der Waals surface area contributed by atoms with Crippen molar-refractivity contribution in [3.8, 4) is 0 Å². The van der Waals surface area contributed by atoms with Crippen LogP contribution >= 0.6 is 11.8 Å². The first-order chi connectivity index (χ1) is 9.83. The van der Waals surface area contributed by atoms with Crippen LogP contribution in [-0.2, 0) is 9.59 Å². The van der Waals surface area contributed by atoms with Crippen LogP contribution in [0.5, 0.6) is 0 Å². The number of amides is 2. The largest absolute Gasteiger partial charge is 0.446 e. The Labute approximate surface area is 123 Å². The van der Waals surface area contributed by atoms with E-state index in [-0.39, 0.29) is 40.9 Å². The van der Waals surface area contributed by atoms with Crippen LogP contribution in [0, 0.1) is 5.92 Å². The van der Waals surface area contributed by atoms with Gasteiger partial charge >= 0.3 is 5.51 Å². The average molecular weight is 318 g/mol. The Hall–Kier alpha value is -1.70. The second-order valence-electron chi connectivity index (χ2n) is 4.60. The SMILES string of the molecule is O=C1CCC(C(=O)Nc2ccc(SC(F)(F)F)cc2)CN1. The van der Waals surface area contributed by atoms with Gasteiger partial charge in [-0.15, -0.1) is 0 Å². The molecule has 0 aliphatic carbocycles. The van der Waals surface area contributed by atoms with Crippen LogP contribution in [0.1, 0.15) is 12.8 Å². The lowest BCUT2D eigenvalue weighted by atomic mass is 9.98. The van der Waals surface area contributed by atoms with Crippen molar-refractivity contribution in [1.82, 2.24) is 5.32 Å². The molecule has 1 fully saturated rings. The highest BCUT2D eigenvalue weighted by Crippen LogP contribution is 2.37. The molecule has 1 unspecified atom stereocenters. The Morgan fingerprint density at radius 2 is 1.95 bits per heavy atom. The lowest BCUT2D eigenvalue weighted by Gasteiger charge is -2.21. The van der Waals surface area contributed by atoms with Gasteiger partial charge in [-0.1, -0.05) is 0 Å². The fourth-order valence-corrected chi connectivity index (χ4v) is 2.48. The van der Waals surface area contributed by atoms with Crippen molar-refractivity contribution < 1.29 is 22.8 Å². The van der Waals surface area contributed by atoms with Crippen LogP contribution < -0.4 is 10.6 Å². The molecular formula is C13H13F3N2O2S. The zero-order valence-electron chi connectivity index (χ0n) is 10.9. The monoisotopic (exact) mass is 318 g/mol. The molecule has 0 bridgehead atoms. The molecule has 0 saturated carbocycles. The third-order valence-corrected chi connectivity index (χ3v) is 3.73. The van der Waals surface area contributed by atoms with E-state index in [1.807, 2.05) is 0 Å². The lowest BCUT2D eigenvalue weighted by molar-refractivity contribution is -0.126. The van der Waals surface area contributed by atoms with Crippen molar-refractivity contribution in [2.45, 2.75) is 23.2 Å². The molecule has 0 radical (unpaired) electrons. The fourth-order valence-electron chi connectivity index (χ4n) is 1.94. The number of carbonyl (C=O) groups is 2. The van der Waals surface area contributed by atoms with Crippen LogP contribution in [-0.4, -0.2) is 23.9 Å². The van der Waals surface area contributed by atoms with Crippen molar-refractivity contribution >= 4 is 29.3 Å². The van der Waals surface area contributed by atoms with E-state index in [0.717, 1.165) is 0 Å². The first-order valence-electron chi connectivity index (χ1n) is 6.27. The minimum atomic E-state index is -4.33. The number of hydrogen-bond donors (Lipinski definition) is 2. The number of benzene rings is 1. The van der Waals surface area contributed by atoms with Gasteiger partial charge in [-0.05, 0) is 42.4 Å². The molecule has 2 N–H and O–H groups in total. The molecule has 4 nitrogen and oxygen atoms in total. The molecule has 1 aromatic rings. The lowest BCUT2D eigenvalue weighted by Crippen LogP contribution is -2.40. The summed E-state index contributed by atoms with van der Waals surface area (Å²) < 4.78 is 36.6. The number of rotatable bonds is 3. The molecule has 1 saturated heterocycles. The maximum atomic E-state index is 12.2. The predicted octanol–water partition coefficient (Wildman–Crippen LogP) is 2.76. The quantitative estimate of drug-likeness (QED) is 0.843. The molecular weight excluding hydrogens is 305 g/mol. The maximum Gasteiger partial charge on any atom is 0.446 e. The van der Waals surface area contributed by atoms with E-state index in [9.17, 15) is 22.8 Å². The molecule has 1 aromatic carbocycles. The van der Waals surface area contributed by atoms with Gasteiger partial charge in [0.15, 0.2) is 0 Å². The van der Waals surface area contributed by atoms with Gasteiger partial charge in [-0.2, -0.15) is 13.2 Å². The number of anilines is 1. The smallest absolute Gasteiger partial charge is 0.355 e. The fraction of sp³-hybridized carbons (Fsp3) is 0.385. The van der Waals surface area contributed by atoms with E-state index in [0.29, 0.717) is 18.5 Å². The number of piperidine rings is 1. The molecule has 114 valence electrons. The van der Waals surface area contributed by atoms with Crippen LogP contribution in [0.2, 0.25) is 0 Å². The summed E-state index contributed by atoms with van der Waals surface area (Å²) in [5.74, 6) is -0.634. The van der Waals surface area contributed by atoms with Gasteiger partial charge in [0.25, 0.3) is 0 Å². The molecule has 1 aliphatic rings. The Morgan fingerprint density at radius 1 is 1.29 bits per heavy atom. The van der Waals surface area contributed by atoms with E-state index >= 15 is 0 Å². The highest BCUT2D eigenvalue weighted by molar-refractivity contribution is 8.00. The first-order valence-corrected chi connectivity index (χ1v) is 7.08. The summed E-state index contributed by atoms with van der Waals surface area (Å²) in [6.07, 6.45) is 0.777. The molecule has 2 amide bonds. The number of alkyl halides is 3. The second kappa shape index (κ2) is 6.38. The van der Waals surface area contributed by atoms with Crippen molar-refractivity contribution in [3.63, 3.8) is 0 Å². The third-order valence-electron chi connectivity index (χ3n) is 2.99. The molecule has 1 heterocycles. The third kappa shape index (κ3) is 4.96. The topological polar surface area (TPSA) is 58.2 Å². The molecule has 21 heavy (non-hydrogen) atoms. The van der Waals surface area contributed by atoms with Gasteiger partial charge in [0.2, 0.25) is 11.8 Å².